The van der Waals surface area contributed by atoms with Crippen LogP contribution in [0.25, 0.3) is 0 Å². The van der Waals surface area contributed by atoms with E-state index in [9.17, 15) is 14.7 Å². The third kappa shape index (κ3) is 2.33. The Balaban J connectivity index is 1.91. The maximum absolute atomic E-state index is 12.2. The van der Waals surface area contributed by atoms with Crippen molar-refractivity contribution in [3.05, 3.63) is 24.3 Å². The van der Waals surface area contributed by atoms with Gasteiger partial charge >= 0.3 is 0 Å². The number of imide groups is 1. The van der Waals surface area contributed by atoms with Gasteiger partial charge in [0.1, 0.15) is 5.75 Å². The number of carbonyl (C=O) groups is 2. The third-order valence-electron chi connectivity index (χ3n) is 3.61. The molecule has 0 aromatic heterocycles. The first kappa shape index (κ1) is 12.2. The molecule has 0 aliphatic carbocycles. The molecule has 2 bridgehead atoms. The van der Waals surface area contributed by atoms with Crippen LogP contribution in [-0.2, 0) is 14.3 Å². The van der Waals surface area contributed by atoms with Crippen LogP contribution in [0.5, 0.6) is 5.75 Å². The van der Waals surface area contributed by atoms with Crippen molar-refractivity contribution in [1.29, 1.82) is 0 Å². The van der Waals surface area contributed by atoms with E-state index < -0.39 is 0 Å². The Hall–Kier alpha value is -1.88. The van der Waals surface area contributed by atoms with Crippen LogP contribution in [0.15, 0.2) is 24.3 Å². The molecule has 0 saturated carbocycles. The summed E-state index contributed by atoms with van der Waals surface area (Å²) in [6.07, 6.45) is 2.03. The fourth-order valence-corrected chi connectivity index (χ4v) is 2.68. The number of fused-ring (bicyclic) bond motifs is 2. The van der Waals surface area contributed by atoms with Crippen LogP contribution in [0, 0.1) is 0 Å². The molecule has 0 spiro atoms. The molecule has 2 fully saturated rings. The van der Waals surface area contributed by atoms with Crippen molar-refractivity contribution >= 4 is 17.5 Å². The number of hydrogen-bond donors (Lipinski definition) is 1. The lowest BCUT2D eigenvalue weighted by Gasteiger charge is -2.26. The zero-order valence-corrected chi connectivity index (χ0v) is 10.4. The Labute approximate surface area is 110 Å². The summed E-state index contributed by atoms with van der Waals surface area (Å²) in [5, 5.41) is 9.27. The summed E-state index contributed by atoms with van der Waals surface area (Å²) < 4.78 is 5.64. The normalized spacial score (nSPS) is 27.3. The highest BCUT2D eigenvalue weighted by Crippen LogP contribution is 2.30. The summed E-state index contributed by atoms with van der Waals surface area (Å²) in [5.41, 5.74) is 0.508. The van der Waals surface area contributed by atoms with Gasteiger partial charge in [0.05, 0.1) is 30.7 Å². The minimum atomic E-state index is -0.235. The number of amides is 2. The van der Waals surface area contributed by atoms with E-state index in [0.717, 1.165) is 12.8 Å². The number of anilines is 1. The van der Waals surface area contributed by atoms with Crippen molar-refractivity contribution in [2.24, 2.45) is 0 Å². The SMILES string of the molecule is O=C1CC2CCC(CC(=O)N1c1ccc(O)cc1)O2. The van der Waals surface area contributed by atoms with Crippen LogP contribution in [0.3, 0.4) is 0 Å². The Bertz CT molecular complexity index is 487. The van der Waals surface area contributed by atoms with Gasteiger partial charge in [0.25, 0.3) is 0 Å². The lowest BCUT2D eigenvalue weighted by atomic mass is 10.1. The molecule has 2 atom stereocenters. The zero-order chi connectivity index (χ0) is 13.4. The van der Waals surface area contributed by atoms with Gasteiger partial charge < -0.3 is 9.84 Å². The van der Waals surface area contributed by atoms with Gasteiger partial charge in [-0.15, -0.1) is 0 Å². The molecule has 2 aliphatic heterocycles. The number of benzene rings is 1. The van der Waals surface area contributed by atoms with Crippen LogP contribution < -0.4 is 4.90 Å². The Kier molecular flexibility index (Phi) is 2.98. The number of carbonyl (C=O) groups excluding carboxylic acids is 2. The highest BCUT2D eigenvalue weighted by molar-refractivity contribution is 6.15. The number of nitrogens with zero attached hydrogens (tertiary/aromatic N) is 1. The maximum Gasteiger partial charge on any atom is 0.236 e. The number of hydrogen-bond acceptors (Lipinski definition) is 4. The van der Waals surface area contributed by atoms with Crippen molar-refractivity contribution in [2.75, 3.05) is 4.90 Å². The predicted molar refractivity (Wildman–Crippen MR) is 67.7 cm³/mol. The smallest absolute Gasteiger partial charge is 0.236 e. The van der Waals surface area contributed by atoms with E-state index in [2.05, 4.69) is 0 Å². The number of aromatic hydroxyl groups is 1. The molecule has 3 rings (SSSR count). The maximum atomic E-state index is 12.2. The molecule has 19 heavy (non-hydrogen) atoms. The van der Waals surface area contributed by atoms with E-state index in [-0.39, 0.29) is 42.6 Å². The largest absolute Gasteiger partial charge is 0.508 e. The number of phenolic OH excluding ortho intramolecular Hbond substituents is 1. The molecule has 1 aromatic rings. The summed E-state index contributed by atoms with van der Waals surface area (Å²) in [6, 6.07) is 6.10. The number of phenols is 1. The first-order chi connectivity index (χ1) is 9.13. The molecule has 100 valence electrons. The second-order valence-corrected chi connectivity index (χ2v) is 5.00. The zero-order valence-electron chi connectivity index (χ0n) is 10.4. The molecule has 5 nitrogen and oxygen atoms in total. The van der Waals surface area contributed by atoms with Crippen LogP contribution in [0.2, 0.25) is 0 Å². The molecule has 2 amide bonds. The molecule has 1 aromatic carbocycles. The molecule has 1 N–H and O–H groups in total. The van der Waals surface area contributed by atoms with Crippen molar-refractivity contribution in [3.8, 4) is 5.75 Å². The summed E-state index contributed by atoms with van der Waals surface area (Å²) in [5.74, 6) is -0.360. The van der Waals surface area contributed by atoms with Crippen LogP contribution >= 0.6 is 0 Å². The van der Waals surface area contributed by atoms with Gasteiger partial charge in [-0.05, 0) is 37.1 Å². The average Bonchev–Trinajstić information content (AvgIpc) is 2.79. The van der Waals surface area contributed by atoms with Crippen molar-refractivity contribution in [3.63, 3.8) is 0 Å². The minimum Gasteiger partial charge on any atom is -0.508 e. The van der Waals surface area contributed by atoms with E-state index in [1.807, 2.05) is 0 Å². The molecule has 2 aliphatic rings. The highest BCUT2D eigenvalue weighted by atomic mass is 16.5. The first-order valence-electron chi connectivity index (χ1n) is 6.44. The molecule has 2 saturated heterocycles. The molecule has 2 unspecified atom stereocenters. The van der Waals surface area contributed by atoms with Gasteiger partial charge in [0.2, 0.25) is 11.8 Å². The topological polar surface area (TPSA) is 66.8 Å². The average molecular weight is 261 g/mol. The Morgan fingerprint density at radius 2 is 1.53 bits per heavy atom. The molecular formula is C14H15NO4. The number of ether oxygens (including phenoxy) is 1. The van der Waals surface area contributed by atoms with Gasteiger partial charge in [-0.1, -0.05) is 0 Å². The Morgan fingerprint density at radius 3 is 2.05 bits per heavy atom. The van der Waals surface area contributed by atoms with E-state index in [0.29, 0.717) is 5.69 Å². The lowest BCUT2D eigenvalue weighted by Crippen LogP contribution is -2.41. The molecule has 2 heterocycles. The van der Waals surface area contributed by atoms with Gasteiger partial charge in [0.15, 0.2) is 0 Å². The van der Waals surface area contributed by atoms with Gasteiger partial charge in [-0.2, -0.15) is 0 Å². The van der Waals surface area contributed by atoms with Gasteiger partial charge in [-0.25, -0.2) is 0 Å². The Morgan fingerprint density at radius 1 is 1.00 bits per heavy atom. The fraction of sp³-hybridized carbons (Fsp3) is 0.429. The lowest BCUT2D eigenvalue weighted by molar-refractivity contribution is -0.132. The molecular weight excluding hydrogens is 246 g/mol. The monoisotopic (exact) mass is 261 g/mol. The minimum absolute atomic E-state index is 0.0646. The fourth-order valence-electron chi connectivity index (χ4n) is 2.68. The van der Waals surface area contributed by atoms with Crippen LogP contribution in [0.4, 0.5) is 5.69 Å². The summed E-state index contributed by atoms with van der Waals surface area (Å²) in [7, 11) is 0. The highest BCUT2D eigenvalue weighted by Gasteiger charge is 2.36. The quantitative estimate of drug-likeness (QED) is 0.780. The standard InChI is InChI=1S/C14H15NO4/c16-10-3-1-9(2-4-10)15-13(17)7-11-5-6-12(19-11)8-14(15)18/h1-4,11-12,16H,5-8H2. The second-order valence-electron chi connectivity index (χ2n) is 5.00. The predicted octanol–water partition coefficient (Wildman–Crippen LogP) is 1.59. The van der Waals surface area contributed by atoms with Crippen molar-refractivity contribution in [2.45, 2.75) is 37.9 Å². The molecule has 0 radical (unpaired) electrons. The number of rotatable bonds is 1. The summed E-state index contributed by atoms with van der Waals surface area (Å²) in [6.45, 7) is 0. The second kappa shape index (κ2) is 4.66. The van der Waals surface area contributed by atoms with Crippen molar-refractivity contribution < 1.29 is 19.4 Å². The van der Waals surface area contributed by atoms with Crippen LogP contribution in [-0.4, -0.2) is 29.1 Å². The van der Waals surface area contributed by atoms with Crippen LogP contribution in [0.1, 0.15) is 25.7 Å². The summed E-state index contributed by atoms with van der Waals surface area (Å²) >= 11 is 0. The van der Waals surface area contributed by atoms with E-state index >= 15 is 0 Å². The van der Waals surface area contributed by atoms with E-state index in [1.54, 1.807) is 12.1 Å². The van der Waals surface area contributed by atoms with Gasteiger partial charge in [0, 0.05) is 0 Å². The molecule has 5 heteroatoms. The van der Waals surface area contributed by atoms with Crippen molar-refractivity contribution in [1.82, 2.24) is 0 Å². The summed E-state index contributed by atoms with van der Waals surface area (Å²) in [4.78, 5) is 25.6. The van der Waals surface area contributed by atoms with E-state index in [1.165, 1.54) is 17.0 Å². The van der Waals surface area contributed by atoms with E-state index in [4.69, 9.17) is 4.74 Å². The van der Waals surface area contributed by atoms with Gasteiger partial charge in [-0.3, -0.25) is 14.5 Å². The third-order valence-corrected chi connectivity index (χ3v) is 3.61. The first-order valence-corrected chi connectivity index (χ1v) is 6.44.